The maximum Gasteiger partial charge on any atom is 0.274 e. The van der Waals surface area contributed by atoms with Gasteiger partial charge in [-0.05, 0) is 31.5 Å². The topological polar surface area (TPSA) is 80.4 Å². The van der Waals surface area contributed by atoms with Crippen molar-refractivity contribution in [2.24, 2.45) is 12.8 Å². The minimum absolute atomic E-state index is 0.130. The molecule has 0 spiro atoms. The van der Waals surface area contributed by atoms with Gasteiger partial charge in [0.15, 0.2) is 0 Å². The molecule has 0 bridgehead atoms. The van der Waals surface area contributed by atoms with Gasteiger partial charge in [-0.1, -0.05) is 0 Å². The van der Waals surface area contributed by atoms with Crippen LogP contribution in [0.3, 0.4) is 0 Å². The quantitative estimate of drug-likeness (QED) is 0.786. The highest BCUT2D eigenvalue weighted by atomic mass is 16.2. The lowest BCUT2D eigenvalue weighted by Gasteiger charge is -2.29. The molecule has 2 rings (SSSR count). The molecule has 3 N–H and O–H groups in total. The number of amides is 2. The van der Waals surface area contributed by atoms with Crippen molar-refractivity contribution in [3.8, 4) is 0 Å². The van der Waals surface area contributed by atoms with Crippen LogP contribution in [0.5, 0.6) is 0 Å². The Morgan fingerprint density at radius 2 is 2.32 bits per heavy atom. The molecule has 0 radical (unpaired) electrons. The van der Waals surface area contributed by atoms with E-state index < -0.39 is 0 Å². The predicted molar refractivity (Wildman–Crippen MR) is 71.5 cm³/mol. The van der Waals surface area contributed by atoms with Gasteiger partial charge in [-0.2, -0.15) is 0 Å². The van der Waals surface area contributed by atoms with Crippen LogP contribution in [0.2, 0.25) is 0 Å². The van der Waals surface area contributed by atoms with Crippen LogP contribution in [-0.2, 0) is 11.8 Å². The number of aromatic nitrogens is 1. The summed E-state index contributed by atoms with van der Waals surface area (Å²) >= 11 is 0. The summed E-state index contributed by atoms with van der Waals surface area (Å²) in [5.74, 6) is -0.640. The van der Waals surface area contributed by atoms with Crippen molar-refractivity contribution in [1.29, 1.82) is 0 Å². The van der Waals surface area contributed by atoms with Crippen LogP contribution in [0.25, 0.3) is 0 Å². The summed E-state index contributed by atoms with van der Waals surface area (Å²) in [6.45, 7) is 1.80. The molecule has 1 unspecified atom stereocenters. The van der Waals surface area contributed by atoms with Gasteiger partial charge in [0.2, 0.25) is 5.91 Å². The second kappa shape index (κ2) is 5.99. The predicted octanol–water partition coefficient (Wildman–Crippen LogP) is -0.295. The van der Waals surface area contributed by atoms with Crippen molar-refractivity contribution in [3.05, 3.63) is 24.0 Å². The number of carbonyl (C=O) groups excluding carboxylic acids is 2. The van der Waals surface area contributed by atoms with Crippen LogP contribution < -0.4 is 11.1 Å². The molecule has 1 atom stereocenters. The lowest BCUT2D eigenvalue weighted by atomic mass is 10.1. The molecule has 0 aliphatic carbocycles. The van der Waals surface area contributed by atoms with Crippen molar-refractivity contribution in [2.75, 3.05) is 19.6 Å². The minimum Gasteiger partial charge on any atom is -0.347 e. The first kappa shape index (κ1) is 13.8. The smallest absolute Gasteiger partial charge is 0.274 e. The van der Waals surface area contributed by atoms with Gasteiger partial charge in [-0.15, -0.1) is 0 Å². The van der Waals surface area contributed by atoms with E-state index in [1.807, 2.05) is 4.90 Å². The second-order valence-corrected chi connectivity index (χ2v) is 5.02. The number of rotatable bonds is 3. The molecule has 104 valence electrons. The van der Waals surface area contributed by atoms with Gasteiger partial charge in [0, 0.05) is 25.8 Å². The van der Waals surface area contributed by atoms with Gasteiger partial charge < -0.3 is 10.3 Å². The van der Waals surface area contributed by atoms with Crippen molar-refractivity contribution >= 4 is 11.8 Å². The number of aryl methyl sites for hydroxylation is 1. The van der Waals surface area contributed by atoms with E-state index >= 15 is 0 Å². The van der Waals surface area contributed by atoms with E-state index in [-0.39, 0.29) is 24.4 Å². The summed E-state index contributed by atoms with van der Waals surface area (Å²) in [6, 6.07) is 3.58. The molecule has 0 saturated carbocycles. The third kappa shape index (κ3) is 3.65. The van der Waals surface area contributed by atoms with Crippen molar-refractivity contribution in [3.63, 3.8) is 0 Å². The Balaban J connectivity index is 1.84. The van der Waals surface area contributed by atoms with E-state index in [9.17, 15) is 9.59 Å². The van der Waals surface area contributed by atoms with Crippen molar-refractivity contribution in [1.82, 2.24) is 14.8 Å². The number of imide groups is 1. The van der Waals surface area contributed by atoms with Crippen LogP contribution >= 0.6 is 0 Å². The highest BCUT2D eigenvalue weighted by Gasteiger charge is 2.20. The Morgan fingerprint density at radius 3 is 2.95 bits per heavy atom. The first-order valence-corrected chi connectivity index (χ1v) is 6.49. The molecule has 1 fully saturated rings. The average molecular weight is 264 g/mol. The fraction of sp³-hybridized carbons (Fsp3) is 0.538. The molecular formula is C13H20N4O2. The maximum atomic E-state index is 11.8. The van der Waals surface area contributed by atoms with Gasteiger partial charge in [0.1, 0.15) is 5.69 Å². The molecule has 19 heavy (non-hydrogen) atoms. The summed E-state index contributed by atoms with van der Waals surface area (Å²) in [6.07, 6.45) is 3.77. The Labute approximate surface area is 112 Å². The molecule has 2 amide bonds. The molecule has 1 saturated heterocycles. The summed E-state index contributed by atoms with van der Waals surface area (Å²) in [4.78, 5) is 25.6. The van der Waals surface area contributed by atoms with E-state index in [1.54, 1.807) is 29.9 Å². The number of nitrogens with two attached hydrogens (primary N) is 1. The zero-order chi connectivity index (χ0) is 13.8. The van der Waals surface area contributed by atoms with E-state index in [1.165, 1.54) is 0 Å². The number of piperidine rings is 1. The molecule has 6 heteroatoms. The van der Waals surface area contributed by atoms with Gasteiger partial charge in [-0.25, -0.2) is 0 Å². The normalized spacial score (nSPS) is 20.2. The van der Waals surface area contributed by atoms with E-state index in [0.717, 1.165) is 19.4 Å². The molecule has 0 aromatic carbocycles. The van der Waals surface area contributed by atoms with Gasteiger partial charge >= 0.3 is 0 Å². The number of carbonyl (C=O) groups is 2. The van der Waals surface area contributed by atoms with Crippen LogP contribution in [0.1, 0.15) is 23.3 Å². The van der Waals surface area contributed by atoms with Gasteiger partial charge in [-0.3, -0.25) is 19.8 Å². The summed E-state index contributed by atoms with van der Waals surface area (Å²) in [5.41, 5.74) is 6.33. The SMILES string of the molecule is Cn1cccc1C(=O)NC(=O)CN1CCCC(N)C1. The molecule has 2 heterocycles. The first-order valence-electron chi connectivity index (χ1n) is 6.49. The van der Waals surface area contributed by atoms with Gasteiger partial charge in [0.05, 0.1) is 6.54 Å². The van der Waals surface area contributed by atoms with Crippen LogP contribution in [-0.4, -0.2) is 47.0 Å². The van der Waals surface area contributed by atoms with E-state index in [0.29, 0.717) is 12.2 Å². The number of likely N-dealkylation sites (tertiary alicyclic amines) is 1. The highest BCUT2D eigenvalue weighted by Crippen LogP contribution is 2.07. The maximum absolute atomic E-state index is 11.8. The monoisotopic (exact) mass is 264 g/mol. The molecule has 1 aromatic heterocycles. The molecule has 1 aromatic rings. The fourth-order valence-corrected chi connectivity index (χ4v) is 2.37. The minimum atomic E-state index is -0.362. The second-order valence-electron chi connectivity index (χ2n) is 5.02. The number of nitrogens with one attached hydrogen (secondary N) is 1. The Hall–Kier alpha value is -1.66. The summed E-state index contributed by atoms with van der Waals surface area (Å²) in [7, 11) is 1.77. The lowest BCUT2D eigenvalue weighted by molar-refractivity contribution is -0.121. The number of nitrogens with zero attached hydrogens (tertiary/aromatic N) is 2. The van der Waals surface area contributed by atoms with Crippen LogP contribution in [0.4, 0.5) is 0 Å². The molecule has 6 nitrogen and oxygen atoms in total. The standard InChI is InChI=1S/C13H20N4O2/c1-16-6-3-5-11(16)13(19)15-12(18)9-17-7-2-4-10(14)8-17/h3,5-6,10H,2,4,7-9,14H2,1H3,(H,15,18,19). The first-order chi connectivity index (χ1) is 9.06. The molecule has 1 aliphatic rings. The van der Waals surface area contributed by atoms with Crippen molar-refractivity contribution < 1.29 is 9.59 Å². The number of hydrogen-bond donors (Lipinski definition) is 2. The average Bonchev–Trinajstić information content (AvgIpc) is 2.75. The molecule has 1 aliphatic heterocycles. The van der Waals surface area contributed by atoms with Crippen LogP contribution in [0, 0.1) is 0 Å². The van der Waals surface area contributed by atoms with Crippen LogP contribution in [0.15, 0.2) is 18.3 Å². The zero-order valence-electron chi connectivity index (χ0n) is 11.1. The van der Waals surface area contributed by atoms with E-state index in [4.69, 9.17) is 5.73 Å². The van der Waals surface area contributed by atoms with Gasteiger partial charge in [0.25, 0.3) is 5.91 Å². The zero-order valence-corrected chi connectivity index (χ0v) is 11.1. The van der Waals surface area contributed by atoms with E-state index in [2.05, 4.69) is 5.32 Å². The summed E-state index contributed by atoms with van der Waals surface area (Å²) < 4.78 is 1.68. The Kier molecular flexibility index (Phi) is 4.34. The van der Waals surface area contributed by atoms with Crippen molar-refractivity contribution in [2.45, 2.75) is 18.9 Å². The Bertz CT molecular complexity index is 469. The summed E-state index contributed by atoms with van der Waals surface area (Å²) in [5, 5.41) is 2.40. The fourth-order valence-electron chi connectivity index (χ4n) is 2.37. The highest BCUT2D eigenvalue weighted by molar-refractivity contribution is 6.04. The molecular weight excluding hydrogens is 244 g/mol. The number of hydrogen-bond acceptors (Lipinski definition) is 4. The lowest BCUT2D eigenvalue weighted by Crippen LogP contribution is -2.47. The Morgan fingerprint density at radius 1 is 1.53 bits per heavy atom. The largest absolute Gasteiger partial charge is 0.347 e. The third-order valence-electron chi connectivity index (χ3n) is 3.34. The third-order valence-corrected chi connectivity index (χ3v) is 3.34.